The van der Waals surface area contributed by atoms with Crippen molar-refractivity contribution < 1.29 is 23.4 Å². The zero-order valence-corrected chi connectivity index (χ0v) is 25.3. The van der Waals surface area contributed by atoms with Crippen LogP contribution in [0.2, 0.25) is 0 Å². The average Bonchev–Trinajstić information content (AvgIpc) is 3.77. The van der Waals surface area contributed by atoms with Crippen molar-refractivity contribution >= 4 is 38.2 Å². The first kappa shape index (κ1) is 28.8. The lowest BCUT2D eigenvalue weighted by molar-refractivity contribution is -0.129. The number of halogens is 2. The Labute approximate surface area is 260 Å². The van der Waals surface area contributed by atoms with Crippen LogP contribution in [0.4, 0.5) is 8.78 Å². The molecule has 1 unspecified atom stereocenters. The molecule has 1 atom stereocenters. The van der Waals surface area contributed by atoms with Crippen LogP contribution >= 0.6 is 11.3 Å². The summed E-state index contributed by atoms with van der Waals surface area (Å²) in [4.78, 5) is 19.4. The first-order valence-corrected chi connectivity index (χ1v) is 15.2. The fourth-order valence-electron chi connectivity index (χ4n) is 6.05. The smallest absolute Gasteiger partial charge is 0.246 e. The summed E-state index contributed by atoms with van der Waals surface area (Å²) in [7, 11) is 1.86. The summed E-state index contributed by atoms with van der Waals surface area (Å²) in [6, 6.07) is 11.3. The number of carbonyl (C=O) groups excluding carboxylic acids is 1. The van der Waals surface area contributed by atoms with Gasteiger partial charge in [-0.15, -0.1) is 11.3 Å². The molecule has 45 heavy (non-hydrogen) atoms. The molecule has 9 nitrogen and oxygen atoms in total. The first-order chi connectivity index (χ1) is 21.8. The van der Waals surface area contributed by atoms with Crippen molar-refractivity contribution in [3.63, 3.8) is 0 Å². The van der Waals surface area contributed by atoms with Gasteiger partial charge < -0.3 is 14.7 Å². The predicted molar refractivity (Wildman–Crippen MR) is 169 cm³/mol. The maximum absolute atomic E-state index is 15.9. The molecule has 7 rings (SSSR count). The summed E-state index contributed by atoms with van der Waals surface area (Å²) in [5, 5.41) is 22.6. The minimum absolute atomic E-state index is 0.0222. The number of thiophene rings is 1. The van der Waals surface area contributed by atoms with Crippen LogP contribution < -0.4 is 4.74 Å². The maximum atomic E-state index is 15.9. The van der Waals surface area contributed by atoms with E-state index in [4.69, 9.17) is 14.8 Å². The molecule has 4 aromatic heterocycles. The Bertz CT molecular complexity index is 2130. The zero-order chi connectivity index (χ0) is 31.4. The van der Waals surface area contributed by atoms with Crippen LogP contribution in [-0.2, 0) is 18.4 Å². The number of ether oxygens (including phenoxy) is 1. The first-order valence-electron chi connectivity index (χ1n) is 14.4. The van der Waals surface area contributed by atoms with Gasteiger partial charge in [0.25, 0.3) is 0 Å². The van der Waals surface area contributed by atoms with E-state index in [2.05, 4.69) is 11.7 Å². The van der Waals surface area contributed by atoms with Crippen molar-refractivity contribution in [3.8, 4) is 39.5 Å². The number of benzene rings is 2. The van der Waals surface area contributed by atoms with E-state index in [0.717, 1.165) is 39.7 Å². The van der Waals surface area contributed by atoms with Crippen LogP contribution in [0.25, 0.3) is 54.8 Å². The molecular formula is C33H28F2N6O3S. The highest BCUT2D eigenvalue weighted by Crippen LogP contribution is 2.47. The Morgan fingerprint density at radius 2 is 1.98 bits per heavy atom. The SMILES string of the molecule is C=CC(=O)N1CCn2nc(-c3nc(-c4ccc5cn(C)nc5c4)c4ccsc4c3-c3c(F)cc(F)cc3OCCO)cc2C1C. The van der Waals surface area contributed by atoms with Crippen molar-refractivity contribution in [2.24, 2.45) is 7.05 Å². The van der Waals surface area contributed by atoms with Gasteiger partial charge in [0.2, 0.25) is 5.91 Å². The van der Waals surface area contributed by atoms with Crippen molar-refractivity contribution in [2.75, 3.05) is 19.8 Å². The number of hydrogen-bond donors (Lipinski definition) is 1. The standard InChI is InChI=1S/C33H28F2N6O3S/c1-4-28(43)40-8-9-41-26(18(40)2)16-25(38-41)32-30(29-23(35)14-21(34)15-27(29)44-11-10-42)33-22(7-12-45-33)31(36-32)19-5-6-20-17-39(3)37-24(20)13-19/h4-7,12-18,42H,1,8-11H2,2-3H3. The van der Waals surface area contributed by atoms with Crippen molar-refractivity contribution in [2.45, 2.75) is 19.5 Å². The number of pyridine rings is 1. The Hall–Kier alpha value is -4.94. The van der Waals surface area contributed by atoms with Gasteiger partial charge in [-0.05, 0) is 36.6 Å². The van der Waals surface area contributed by atoms with E-state index < -0.39 is 11.6 Å². The fraction of sp³-hybridized carbons (Fsp3) is 0.212. The monoisotopic (exact) mass is 626 g/mol. The second-order valence-electron chi connectivity index (χ2n) is 10.8. The lowest BCUT2D eigenvalue weighted by atomic mass is 9.96. The quantitative estimate of drug-likeness (QED) is 0.215. The third kappa shape index (κ3) is 4.86. The molecule has 0 spiro atoms. The van der Waals surface area contributed by atoms with Gasteiger partial charge in [0.05, 0.1) is 41.7 Å². The molecule has 0 aliphatic carbocycles. The normalized spacial score (nSPS) is 14.7. The highest BCUT2D eigenvalue weighted by Gasteiger charge is 2.31. The molecule has 1 aliphatic heterocycles. The predicted octanol–water partition coefficient (Wildman–Crippen LogP) is 6.12. The molecule has 0 saturated heterocycles. The minimum atomic E-state index is -0.830. The molecule has 1 amide bonds. The van der Waals surface area contributed by atoms with Gasteiger partial charge in [0.1, 0.15) is 35.4 Å². The Morgan fingerprint density at radius 3 is 2.78 bits per heavy atom. The number of fused-ring (bicyclic) bond motifs is 3. The van der Waals surface area contributed by atoms with E-state index in [1.807, 2.05) is 60.6 Å². The van der Waals surface area contributed by atoms with Crippen LogP contribution in [0.5, 0.6) is 5.75 Å². The molecule has 228 valence electrons. The van der Waals surface area contributed by atoms with E-state index in [-0.39, 0.29) is 36.5 Å². The van der Waals surface area contributed by atoms with Crippen LogP contribution in [-0.4, -0.2) is 60.2 Å². The fourth-order valence-corrected chi connectivity index (χ4v) is 7.00. The average molecular weight is 627 g/mol. The molecule has 1 aliphatic rings. The Morgan fingerprint density at radius 1 is 1.13 bits per heavy atom. The summed E-state index contributed by atoms with van der Waals surface area (Å²) < 4.78 is 40.4. The lowest BCUT2D eigenvalue weighted by Gasteiger charge is -2.33. The van der Waals surface area contributed by atoms with Gasteiger partial charge >= 0.3 is 0 Å². The molecule has 12 heteroatoms. The third-order valence-corrected chi connectivity index (χ3v) is 9.01. The molecule has 0 radical (unpaired) electrons. The van der Waals surface area contributed by atoms with Gasteiger partial charge in [-0.3, -0.25) is 14.2 Å². The summed E-state index contributed by atoms with van der Waals surface area (Å²) in [6.45, 7) is 5.96. The molecule has 0 saturated carbocycles. The second-order valence-corrected chi connectivity index (χ2v) is 11.8. The number of carbonyl (C=O) groups is 1. The van der Waals surface area contributed by atoms with Gasteiger partial charge in [-0.2, -0.15) is 10.2 Å². The van der Waals surface area contributed by atoms with Gasteiger partial charge in [-0.25, -0.2) is 13.8 Å². The van der Waals surface area contributed by atoms with Crippen LogP contribution in [0.15, 0.2) is 66.7 Å². The number of aryl methyl sites for hydroxylation is 1. The number of rotatable bonds is 7. The van der Waals surface area contributed by atoms with Crippen LogP contribution in [0.1, 0.15) is 18.7 Å². The summed E-state index contributed by atoms with van der Waals surface area (Å²) in [5.41, 5.74) is 4.31. The molecule has 2 aromatic carbocycles. The largest absolute Gasteiger partial charge is 0.490 e. The number of aromatic nitrogens is 5. The van der Waals surface area contributed by atoms with Crippen LogP contribution in [0.3, 0.4) is 0 Å². The van der Waals surface area contributed by atoms with Gasteiger partial charge in [0.15, 0.2) is 0 Å². The van der Waals surface area contributed by atoms with Crippen molar-refractivity contribution in [1.82, 2.24) is 29.4 Å². The summed E-state index contributed by atoms with van der Waals surface area (Å²) in [5.74, 6) is -1.87. The number of aliphatic hydroxyl groups excluding tert-OH is 1. The molecule has 1 N–H and O–H groups in total. The maximum Gasteiger partial charge on any atom is 0.246 e. The number of aliphatic hydroxyl groups is 1. The second kappa shape index (κ2) is 11.2. The minimum Gasteiger partial charge on any atom is -0.490 e. The molecule has 0 fully saturated rings. The summed E-state index contributed by atoms with van der Waals surface area (Å²) >= 11 is 1.40. The number of hydrogen-bond acceptors (Lipinski definition) is 7. The van der Waals surface area contributed by atoms with Gasteiger partial charge in [-0.1, -0.05) is 18.7 Å². The lowest BCUT2D eigenvalue weighted by Crippen LogP contribution is -2.40. The van der Waals surface area contributed by atoms with E-state index in [0.29, 0.717) is 40.4 Å². The van der Waals surface area contributed by atoms with Crippen molar-refractivity contribution in [3.05, 3.63) is 84.0 Å². The highest BCUT2D eigenvalue weighted by molar-refractivity contribution is 7.18. The van der Waals surface area contributed by atoms with E-state index in [1.165, 1.54) is 17.4 Å². The number of amides is 1. The van der Waals surface area contributed by atoms with Gasteiger partial charge in [0, 0.05) is 58.5 Å². The van der Waals surface area contributed by atoms with Crippen LogP contribution in [0, 0.1) is 11.6 Å². The third-order valence-electron chi connectivity index (χ3n) is 8.08. The highest BCUT2D eigenvalue weighted by atomic mass is 32.1. The summed E-state index contributed by atoms with van der Waals surface area (Å²) in [6.07, 6.45) is 3.23. The van der Waals surface area contributed by atoms with E-state index >= 15 is 4.39 Å². The molecular weight excluding hydrogens is 598 g/mol. The molecule has 0 bridgehead atoms. The Kier molecular flexibility index (Phi) is 7.17. The molecule has 6 aromatic rings. The number of nitrogens with zero attached hydrogens (tertiary/aromatic N) is 6. The molecule has 5 heterocycles. The van der Waals surface area contributed by atoms with Crippen molar-refractivity contribution in [1.29, 1.82) is 0 Å². The van der Waals surface area contributed by atoms with E-state index in [1.54, 1.807) is 9.58 Å². The zero-order valence-electron chi connectivity index (χ0n) is 24.5. The Balaban J connectivity index is 1.52. The van der Waals surface area contributed by atoms with E-state index in [9.17, 15) is 14.3 Å². The topological polar surface area (TPSA) is 98.3 Å².